The third kappa shape index (κ3) is 4.46. The topological polar surface area (TPSA) is 23.6 Å². The van der Waals surface area contributed by atoms with Gasteiger partial charge in [0.25, 0.3) is 5.91 Å². The standard InChI is InChI=1S/C20H23F3N2OS/c1-3-5-15-12-18(27-14(15)2)19(26)25-10-8-24(9-11-25)17-7-4-6-16(13-17)20(21,22)23/h4,6-7,12-13H,3,5,8-11H2,1-2H3. The molecule has 3 rings (SSSR count). The molecular formula is C20H23F3N2OS. The second-order valence-corrected chi connectivity index (χ2v) is 8.03. The number of rotatable bonds is 4. The number of hydrogen-bond acceptors (Lipinski definition) is 3. The van der Waals surface area contributed by atoms with Crippen molar-refractivity contribution in [3.05, 3.63) is 51.2 Å². The molecule has 2 aromatic rings. The highest BCUT2D eigenvalue weighted by Gasteiger charge is 2.31. The van der Waals surface area contributed by atoms with E-state index in [2.05, 4.69) is 6.92 Å². The van der Waals surface area contributed by atoms with Gasteiger partial charge in [0.05, 0.1) is 10.4 Å². The lowest BCUT2D eigenvalue weighted by Crippen LogP contribution is -2.48. The minimum absolute atomic E-state index is 0.0224. The maximum absolute atomic E-state index is 12.9. The average molecular weight is 396 g/mol. The number of aryl methyl sites for hydroxylation is 2. The first-order valence-corrected chi connectivity index (χ1v) is 9.92. The molecule has 146 valence electrons. The zero-order chi connectivity index (χ0) is 19.6. The summed E-state index contributed by atoms with van der Waals surface area (Å²) in [5, 5.41) is 0. The lowest BCUT2D eigenvalue weighted by Gasteiger charge is -2.36. The SMILES string of the molecule is CCCc1cc(C(=O)N2CCN(c3cccc(C(F)(F)F)c3)CC2)sc1C. The van der Waals surface area contributed by atoms with Gasteiger partial charge < -0.3 is 9.80 Å². The van der Waals surface area contributed by atoms with Crippen LogP contribution in [0.1, 0.15) is 39.0 Å². The van der Waals surface area contributed by atoms with E-state index in [1.807, 2.05) is 17.9 Å². The van der Waals surface area contributed by atoms with Crippen LogP contribution in [0.15, 0.2) is 30.3 Å². The van der Waals surface area contributed by atoms with Gasteiger partial charge >= 0.3 is 6.18 Å². The number of amides is 1. The molecule has 0 radical (unpaired) electrons. The van der Waals surface area contributed by atoms with E-state index in [1.165, 1.54) is 33.9 Å². The van der Waals surface area contributed by atoms with E-state index in [1.54, 1.807) is 11.0 Å². The maximum Gasteiger partial charge on any atom is 0.416 e. The summed E-state index contributed by atoms with van der Waals surface area (Å²) in [5.41, 5.74) is 1.14. The highest BCUT2D eigenvalue weighted by Crippen LogP contribution is 2.32. The summed E-state index contributed by atoms with van der Waals surface area (Å²) < 4.78 is 38.7. The number of piperazine rings is 1. The van der Waals surface area contributed by atoms with Crippen LogP contribution in [0.3, 0.4) is 0 Å². The van der Waals surface area contributed by atoms with Crippen LogP contribution < -0.4 is 4.90 Å². The number of anilines is 1. The molecule has 2 heterocycles. The molecule has 7 heteroatoms. The van der Waals surface area contributed by atoms with Crippen LogP contribution in [-0.4, -0.2) is 37.0 Å². The van der Waals surface area contributed by atoms with Gasteiger partial charge in [0, 0.05) is 36.7 Å². The summed E-state index contributed by atoms with van der Waals surface area (Å²) in [6, 6.07) is 7.37. The highest BCUT2D eigenvalue weighted by molar-refractivity contribution is 7.14. The second-order valence-electron chi connectivity index (χ2n) is 6.77. The van der Waals surface area contributed by atoms with Gasteiger partial charge in [-0.25, -0.2) is 0 Å². The van der Waals surface area contributed by atoms with Gasteiger partial charge in [-0.15, -0.1) is 11.3 Å². The van der Waals surface area contributed by atoms with Crippen LogP contribution >= 0.6 is 11.3 Å². The predicted molar refractivity (Wildman–Crippen MR) is 103 cm³/mol. The molecule has 0 bridgehead atoms. The number of carbonyl (C=O) groups is 1. The lowest BCUT2D eigenvalue weighted by molar-refractivity contribution is -0.137. The Kier molecular flexibility index (Phi) is 5.79. The smallest absolute Gasteiger partial charge is 0.368 e. The summed E-state index contributed by atoms with van der Waals surface area (Å²) in [5.74, 6) is 0.0224. The lowest BCUT2D eigenvalue weighted by atomic mass is 10.1. The first kappa shape index (κ1) is 19.7. The zero-order valence-corrected chi connectivity index (χ0v) is 16.3. The molecule has 0 unspecified atom stereocenters. The third-order valence-electron chi connectivity index (χ3n) is 4.86. The van der Waals surface area contributed by atoms with Crippen molar-refractivity contribution in [1.29, 1.82) is 0 Å². The molecule has 3 nitrogen and oxygen atoms in total. The minimum Gasteiger partial charge on any atom is -0.368 e. The van der Waals surface area contributed by atoms with E-state index in [-0.39, 0.29) is 5.91 Å². The summed E-state index contributed by atoms with van der Waals surface area (Å²) in [6.07, 6.45) is -2.33. The summed E-state index contributed by atoms with van der Waals surface area (Å²) in [6.45, 7) is 6.23. The van der Waals surface area contributed by atoms with E-state index >= 15 is 0 Å². The van der Waals surface area contributed by atoms with Gasteiger partial charge in [0.2, 0.25) is 0 Å². The van der Waals surface area contributed by atoms with Gasteiger partial charge in [0.1, 0.15) is 0 Å². The highest BCUT2D eigenvalue weighted by atomic mass is 32.1. The van der Waals surface area contributed by atoms with Crippen molar-refractivity contribution >= 4 is 22.9 Å². The molecule has 1 saturated heterocycles. The van der Waals surface area contributed by atoms with Crippen molar-refractivity contribution in [2.75, 3.05) is 31.1 Å². The van der Waals surface area contributed by atoms with E-state index in [4.69, 9.17) is 0 Å². The van der Waals surface area contributed by atoms with E-state index in [0.29, 0.717) is 31.9 Å². The number of alkyl halides is 3. The van der Waals surface area contributed by atoms with Crippen molar-refractivity contribution < 1.29 is 18.0 Å². The molecule has 0 spiro atoms. The summed E-state index contributed by atoms with van der Waals surface area (Å²) >= 11 is 1.53. The summed E-state index contributed by atoms with van der Waals surface area (Å²) in [4.78, 5) is 18.4. The Bertz CT molecular complexity index is 808. The first-order chi connectivity index (χ1) is 12.8. The number of thiophene rings is 1. The Labute approximate surface area is 161 Å². The van der Waals surface area contributed by atoms with E-state index in [9.17, 15) is 18.0 Å². The normalized spacial score (nSPS) is 15.3. The average Bonchev–Trinajstić information content (AvgIpc) is 3.02. The molecule has 0 atom stereocenters. The Balaban J connectivity index is 1.65. The van der Waals surface area contributed by atoms with Gasteiger partial charge in [-0.2, -0.15) is 13.2 Å². The van der Waals surface area contributed by atoms with E-state index < -0.39 is 11.7 Å². The van der Waals surface area contributed by atoms with Crippen LogP contribution in [0, 0.1) is 6.92 Å². The molecule has 1 aromatic heterocycles. The van der Waals surface area contributed by atoms with Gasteiger partial charge in [-0.05, 0) is 43.2 Å². The molecule has 0 saturated carbocycles. The molecule has 1 aromatic carbocycles. The summed E-state index contributed by atoms with van der Waals surface area (Å²) in [7, 11) is 0. The second kappa shape index (κ2) is 7.92. The maximum atomic E-state index is 12.9. The van der Waals surface area contributed by atoms with Crippen LogP contribution in [0.5, 0.6) is 0 Å². The molecule has 1 aliphatic heterocycles. The Morgan fingerprint density at radius 3 is 2.48 bits per heavy atom. The van der Waals surface area contributed by atoms with Crippen molar-refractivity contribution in [3.8, 4) is 0 Å². The third-order valence-corrected chi connectivity index (χ3v) is 5.94. The number of benzene rings is 1. The van der Waals surface area contributed by atoms with Crippen molar-refractivity contribution in [2.24, 2.45) is 0 Å². The fraction of sp³-hybridized carbons (Fsp3) is 0.450. The Morgan fingerprint density at radius 1 is 1.15 bits per heavy atom. The monoisotopic (exact) mass is 396 g/mol. The number of carbonyl (C=O) groups excluding carboxylic acids is 1. The largest absolute Gasteiger partial charge is 0.416 e. The first-order valence-electron chi connectivity index (χ1n) is 9.10. The molecule has 0 N–H and O–H groups in total. The molecule has 27 heavy (non-hydrogen) atoms. The van der Waals surface area contributed by atoms with Crippen molar-refractivity contribution in [3.63, 3.8) is 0 Å². The van der Waals surface area contributed by atoms with Crippen LogP contribution in [0.25, 0.3) is 0 Å². The van der Waals surface area contributed by atoms with Crippen molar-refractivity contribution in [1.82, 2.24) is 4.90 Å². The predicted octanol–water partition coefficient (Wildman–Crippen LogP) is 4.99. The number of halogens is 3. The molecule has 1 amide bonds. The van der Waals surface area contributed by atoms with Gasteiger partial charge in [-0.3, -0.25) is 4.79 Å². The van der Waals surface area contributed by atoms with Crippen molar-refractivity contribution in [2.45, 2.75) is 32.9 Å². The molecule has 1 fully saturated rings. The molecule has 1 aliphatic rings. The van der Waals surface area contributed by atoms with Crippen LogP contribution in [0.4, 0.5) is 18.9 Å². The van der Waals surface area contributed by atoms with E-state index in [0.717, 1.165) is 23.8 Å². The fourth-order valence-corrected chi connectivity index (χ4v) is 4.38. The molecule has 0 aliphatic carbocycles. The Hall–Kier alpha value is -2.02. The fourth-order valence-electron chi connectivity index (χ4n) is 3.35. The Morgan fingerprint density at radius 2 is 1.85 bits per heavy atom. The minimum atomic E-state index is -4.35. The van der Waals surface area contributed by atoms with Gasteiger partial charge in [-0.1, -0.05) is 19.4 Å². The van der Waals surface area contributed by atoms with Gasteiger partial charge in [0.15, 0.2) is 0 Å². The zero-order valence-electron chi connectivity index (χ0n) is 15.5. The number of hydrogen-bond donors (Lipinski definition) is 0. The quantitative estimate of drug-likeness (QED) is 0.727. The van der Waals surface area contributed by atoms with Crippen LogP contribution in [-0.2, 0) is 12.6 Å². The molecular weight excluding hydrogens is 373 g/mol. The van der Waals surface area contributed by atoms with Crippen LogP contribution in [0.2, 0.25) is 0 Å². The number of nitrogens with zero attached hydrogens (tertiary/aromatic N) is 2.